The van der Waals surface area contributed by atoms with Crippen LogP contribution in [-0.4, -0.2) is 18.2 Å². The molecule has 0 unspecified atom stereocenters. The number of carboxylic acid groups (broad SMARTS) is 1. The monoisotopic (exact) mass is 282 g/mol. The van der Waals surface area contributed by atoms with Crippen LogP contribution in [0.4, 0.5) is 0 Å². The van der Waals surface area contributed by atoms with Crippen molar-refractivity contribution in [1.29, 1.82) is 0 Å². The normalized spacial score (nSPS) is 10.7. The molecule has 0 amide bonds. The van der Waals surface area contributed by atoms with Crippen molar-refractivity contribution in [1.82, 2.24) is 0 Å². The molecule has 0 radical (unpaired) electrons. The average Bonchev–Trinajstić information content (AvgIpc) is 2.93. The smallest absolute Gasteiger partial charge is 0.311 e. The van der Waals surface area contributed by atoms with Crippen LogP contribution in [0.1, 0.15) is 5.76 Å². The molecule has 1 aromatic rings. The first-order chi connectivity index (χ1) is 10.2. The van der Waals surface area contributed by atoms with Gasteiger partial charge in [-0.25, -0.2) is 0 Å². The van der Waals surface area contributed by atoms with E-state index in [1.807, 2.05) is 48.5 Å². The molecule has 4 heteroatoms. The standard InChI is InChI=1S/C17H14O4/c1-20-13-7-5-11(6-8-13)14-9-12-3-2-4-15(12)21-16(14)10-17(18)19/h2-9H,10H2,1H3,(H,18,19). The van der Waals surface area contributed by atoms with Crippen LogP contribution in [0.5, 0.6) is 5.75 Å². The largest absolute Gasteiger partial charge is 0.497 e. The number of hydrogen-bond donors (Lipinski definition) is 1. The van der Waals surface area contributed by atoms with E-state index in [1.165, 1.54) is 0 Å². The Bertz CT molecular complexity index is 740. The van der Waals surface area contributed by atoms with E-state index < -0.39 is 5.97 Å². The molecule has 1 aromatic carbocycles. The number of benzene rings is 1. The molecule has 3 rings (SSSR count). The minimum Gasteiger partial charge on any atom is -0.497 e. The molecule has 1 aliphatic carbocycles. The van der Waals surface area contributed by atoms with Crippen molar-refractivity contribution in [3.63, 3.8) is 0 Å². The van der Waals surface area contributed by atoms with Crippen LogP contribution in [-0.2, 0) is 11.2 Å². The second kappa shape index (κ2) is 5.32. The van der Waals surface area contributed by atoms with Crippen LogP contribution < -0.4 is 4.74 Å². The van der Waals surface area contributed by atoms with Gasteiger partial charge in [-0.1, -0.05) is 24.3 Å². The molecular formula is C17H14O4. The number of hydrogen-bond acceptors (Lipinski definition) is 3. The molecule has 0 bridgehead atoms. The Morgan fingerprint density at radius 3 is 2.57 bits per heavy atom. The maximum absolute atomic E-state index is 11.0. The highest BCUT2D eigenvalue weighted by molar-refractivity contribution is 5.78. The molecule has 0 saturated heterocycles. The summed E-state index contributed by atoms with van der Waals surface area (Å²) in [5.41, 5.74) is 2.65. The topological polar surface area (TPSA) is 59.7 Å². The molecule has 2 aliphatic rings. The number of carbonyl (C=O) groups is 1. The Morgan fingerprint density at radius 2 is 1.90 bits per heavy atom. The number of fused-ring (bicyclic) bond motifs is 1. The van der Waals surface area contributed by atoms with Crippen LogP contribution in [0, 0.1) is 0 Å². The third kappa shape index (κ3) is 2.60. The molecule has 1 aliphatic heterocycles. The maximum atomic E-state index is 11.0. The van der Waals surface area contributed by atoms with E-state index in [-0.39, 0.29) is 6.42 Å². The predicted octanol–water partition coefficient (Wildman–Crippen LogP) is 3.69. The fraction of sp³-hybridized carbons (Fsp3) is 0.118. The number of methoxy groups -OCH3 is 1. The highest BCUT2D eigenvalue weighted by atomic mass is 16.5. The lowest BCUT2D eigenvalue weighted by Crippen LogP contribution is -2.02. The van der Waals surface area contributed by atoms with Crippen molar-refractivity contribution in [2.24, 2.45) is 0 Å². The Kier molecular flexibility index (Phi) is 3.36. The second-order valence-corrected chi connectivity index (χ2v) is 4.73. The third-order valence-corrected chi connectivity index (χ3v) is 3.35. The molecule has 106 valence electrons. The Morgan fingerprint density at radius 1 is 1.14 bits per heavy atom. The number of aliphatic carboxylic acids is 1. The molecule has 1 N–H and O–H groups in total. The molecule has 21 heavy (non-hydrogen) atoms. The molecule has 1 heterocycles. The van der Waals surface area contributed by atoms with Crippen molar-refractivity contribution < 1.29 is 19.1 Å². The molecule has 4 nitrogen and oxygen atoms in total. The van der Waals surface area contributed by atoms with Gasteiger partial charge in [0.1, 0.15) is 23.7 Å². The van der Waals surface area contributed by atoms with Crippen molar-refractivity contribution in [2.45, 2.75) is 6.42 Å². The van der Waals surface area contributed by atoms with Crippen LogP contribution in [0.2, 0.25) is 0 Å². The summed E-state index contributed by atoms with van der Waals surface area (Å²) in [5, 5.41) is 9.06. The van der Waals surface area contributed by atoms with Gasteiger partial charge in [0.2, 0.25) is 0 Å². The van der Waals surface area contributed by atoms with Gasteiger partial charge >= 0.3 is 5.97 Å². The zero-order chi connectivity index (χ0) is 14.8. The van der Waals surface area contributed by atoms with Gasteiger partial charge in [-0.2, -0.15) is 0 Å². The highest BCUT2D eigenvalue weighted by Crippen LogP contribution is 2.34. The quantitative estimate of drug-likeness (QED) is 0.792. The summed E-state index contributed by atoms with van der Waals surface area (Å²) in [5.74, 6) is 0.985. The molecule has 0 spiro atoms. The van der Waals surface area contributed by atoms with E-state index in [9.17, 15) is 4.79 Å². The van der Waals surface area contributed by atoms with Gasteiger partial charge < -0.3 is 14.3 Å². The van der Waals surface area contributed by atoms with Gasteiger partial charge in [0, 0.05) is 11.1 Å². The molecule has 0 aromatic heterocycles. The van der Waals surface area contributed by atoms with Gasteiger partial charge in [0.05, 0.1) is 7.11 Å². The number of carboxylic acids is 1. The van der Waals surface area contributed by atoms with E-state index in [1.54, 1.807) is 7.11 Å². The summed E-state index contributed by atoms with van der Waals surface area (Å²) in [6.07, 6.45) is -0.150. The zero-order valence-corrected chi connectivity index (χ0v) is 11.5. The maximum Gasteiger partial charge on any atom is 0.311 e. The fourth-order valence-corrected chi connectivity index (χ4v) is 2.34. The number of rotatable bonds is 4. The van der Waals surface area contributed by atoms with Gasteiger partial charge in [0.25, 0.3) is 0 Å². The summed E-state index contributed by atoms with van der Waals surface area (Å²) >= 11 is 0. The molecule has 0 fully saturated rings. The van der Waals surface area contributed by atoms with E-state index >= 15 is 0 Å². The van der Waals surface area contributed by atoms with Gasteiger partial charge in [-0.15, -0.1) is 0 Å². The lowest BCUT2D eigenvalue weighted by molar-refractivity contribution is -0.136. The van der Waals surface area contributed by atoms with E-state index in [2.05, 4.69) is 0 Å². The first-order valence-electron chi connectivity index (χ1n) is 6.55. The fourth-order valence-electron chi connectivity index (χ4n) is 2.34. The van der Waals surface area contributed by atoms with E-state index in [4.69, 9.17) is 14.3 Å². The van der Waals surface area contributed by atoms with Gasteiger partial charge in [-0.05, 0) is 29.8 Å². The average molecular weight is 282 g/mol. The van der Waals surface area contributed by atoms with Gasteiger partial charge in [0.15, 0.2) is 0 Å². The van der Waals surface area contributed by atoms with E-state index in [0.29, 0.717) is 11.5 Å². The summed E-state index contributed by atoms with van der Waals surface area (Å²) in [6.45, 7) is 0. The SMILES string of the molecule is COc1ccc(-c2cc3cccc-3oc2CC(=O)O)cc1. The van der Waals surface area contributed by atoms with Crippen LogP contribution in [0.15, 0.2) is 52.9 Å². The van der Waals surface area contributed by atoms with Gasteiger partial charge in [-0.3, -0.25) is 4.79 Å². The van der Waals surface area contributed by atoms with Crippen molar-refractivity contribution >= 4 is 5.97 Å². The summed E-state index contributed by atoms with van der Waals surface area (Å²) < 4.78 is 10.9. The molecule has 0 atom stereocenters. The second-order valence-electron chi connectivity index (χ2n) is 4.73. The van der Waals surface area contributed by atoms with E-state index in [0.717, 1.165) is 22.4 Å². The van der Waals surface area contributed by atoms with Crippen LogP contribution in [0.25, 0.3) is 22.5 Å². The van der Waals surface area contributed by atoms with Crippen molar-refractivity contribution in [3.8, 4) is 28.2 Å². The molecule has 0 saturated carbocycles. The molecular weight excluding hydrogens is 268 g/mol. The van der Waals surface area contributed by atoms with Crippen LogP contribution in [0.3, 0.4) is 0 Å². The predicted molar refractivity (Wildman–Crippen MR) is 78.7 cm³/mol. The van der Waals surface area contributed by atoms with Crippen LogP contribution >= 0.6 is 0 Å². The first kappa shape index (κ1) is 13.2. The summed E-state index contributed by atoms with van der Waals surface area (Å²) in [7, 11) is 1.61. The first-order valence-corrected chi connectivity index (χ1v) is 6.55. The Balaban J connectivity index is 2.13. The minimum atomic E-state index is -0.917. The lowest BCUT2D eigenvalue weighted by atomic mass is 10.0. The highest BCUT2D eigenvalue weighted by Gasteiger charge is 2.16. The number of ether oxygens (including phenoxy) is 1. The van der Waals surface area contributed by atoms with Crippen molar-refractivity contribution in [2.75, 3.05) is 7.11 Å². The Hall–Kier alpha value is -2.75. The third-order valence-electron chi connectivity index (χ3n) is 3.35. The lowest BCUT2D eigenvalue weighted by Gasteiger charge is -2.11. The summed E-state index contributed by atoms with van der Waals surface area (Å²) in [4.78, 5) is 11.0. The summed E-state index contributed by atoms with van der Waals surface area (Å²) in [6, 6.07) is 15.1. The zero-order valence-electron chi connectivity index (χ0n) is 11.5. The van der Waals surface area contributed by atoms with Crippen molar-refractivity contribution in [3.05, 3.63) is 54.3 Å². The minimum absolute atomic E-state index is 0.150. The Labute approximate surface area is 121 Å².